The van der Waals surface area contributed by atoms with Gasteiger partial charge in [-0.2, -0.15) is 22.6 Å². The summed E-state index contributed by atoms with van der Waals surface area (Å²) in [6, 6.07) is 4.34. The van der Waals surface area contributed by atoms with E-state index in [1.807, 2.05) is 0 Å². The van der Waals surface area contributed by atoms with Gasteiger partial charge < -0.3 is 0 Å². The largest absolute Gasteiger partial charge is 0.427 e. The number of aryl methyl sites for hydroxylation is 1. The molecule has 3 aromatic heterocycles. The monoisotopic (exact) mass is 671 g/mol. The van der Waals surface area contributed by atoms with Crippen LogP contribution in [0.15, 0.2) is 53.5 Å². The molecule has 2 aliphatic carbocycles. The maximum absolute atomic E-state index is 14.3. The highest BCUT2D eigenvalue weighted by molar-refractivity contribution is 7.89. The smallest absolute Gasteiger partial charge is 0.290 e. The van der Waals surface area contributed by atoms with Crippen molar-refractivity contribution in [2.45, 2.75) is 49.4 Å². The fourth-order valence-electron chi connectivity index (χ4n) is 5.98. The zero-order valence-corrected chi connectivity index (χ0v) is 24.9. The van der Waals surface area contributed by atoms with Crippen LogP contribution in [0, 0.1) is 11.2 Å². The number of benzene rings is 1. The number of halogens is 6. The Labute approximate surface area is 256 Å². The van der Waals surface area contributed by atoms with E-state index >= 15 is 0 Å². The highest BCUT2D eigenvalue weighted by Crippen LogP contribution is 2.52. The van der Waals surface area contributed by atoms with Gasteiger partial charge in [0.05, 0.1) is 41.9 Å². The normalized spacial score (nSPS) is 20.3. The first-order valence-electron chi connectivity index (χ1n) is 13.5. The Morgan fingerprint density at radius 1 is 1.20 bits per heavy atom. The minimum Gasteiger partial charge on any atom is -0.290 e. The van der Waals surface area contributed by atoms with Crippen LogP contribution >= 0.6 is 11.3 Å². The number of thiazole rings is 1. The molecule has 0 spiro atoms. The Morgan fingerprint density at radius 2 is 1.93 bits per heavy atom. The summed E-state index contributed by atoms with van der Waals surface area (Å²) >= 11 is 0.160. The van der Waals surface area contributed by atoms with E-state index in [9.17, 15) is 39.6 Å². The van der Waals surface area contributed by atoms with Crippen molar-refractivity contribution >= 4 is 33.2 Å². The molecule has 4 aromatic rings. The highest BCUT2D eigenvalue weighted by atomic mass is 32.2. The van der Waals surface area contributed by atoms with E-state index in [1.165, 1.54) is 42.2 Å². The number of rotatable bonds is 8. The molecule has 45 heavy (non-hydrogen) atoms. The van der Waals surface area contributed by atoms with Crippen molar-refractivity contribution in [3.63, 3.8) is 0 Å². The van der Waals surface area contributed by atoms with Crippen molar-refractivity contribution in [2.75, 3.05) is 6.54 Å². The molecule has 18 heteroatoms. The quantitative estimate of drug-likeness (QED) is 0.193. The Kier molecular flexibility index (Phi) is 7.72. The molecule has 0 amide bonds. The van der Waals surface area contributed by atoms with Gasteiger partial charge in [-0.05, 0) is 61.6 Å². The summed E-state index contributed by atoms with van der Waals surface area (Å²) in [6.45, 7) is -1.20. The Balaban J connectivity index is 1.45. The van der Waals surface area contributed by atoms with Gasteiger partial charge in [0.15, 0.2) is 5.01 Å². The van der Waals surface area contributed by atoms with Gasteiger partial charge in [0.1, 0.15) is 10.7 Å². The minimum absolute atomic E-state index is 0.0266. The molecule has 0 radical (unpaired) electrons. The van der Waals surface area contributed by atoms with Crippen LogP contribution in [0.4, 0.5) is 26.3 Å². The lowest BCUT2D eigenvalue weighted by Crippen LogP contribution is -2.51. The van der Waals surface area contributed by atoms with Gasteiger partial charge in [-0.25, -0.2) is 31.3 Å². The predicted molar refractivity (Wildman–Crippen MR) is 148 cm³/mol. The fraction of sp³-hybridized carbons (Fsp3) is 0.370. The molecule has 0 bridgehead atoms. The summed E-state index contributed by atoms with van der Waals surface area (Å²) in [7, 11) is -3.22. The number of alkyl halides is 5. The van der Waals surface area contributed by atoms with Crippen molar-refractivity contribution in [1.29, 1.82) is 0 Å². The maximum Gasteiger partial charge on any atom is 0.427 e. The zero-order valence-electron chi connectivity index (χ0n) is 23.2. The van der Waals surface area contributed by atoms with Gasteiger partial charge >= 0.3 is 6.18 Å². The van der Waals surface area contributed by atoms with Crippen LogP contribution in [-0.2, 0) is 29.7 Å². The van der Waals surface area contributed by atoms with Crippen molar-refractivity contribution in [3.8, 4) is 5.69 Å². The average molecular weight is 672 g/mol. The van der Waals surface area contributed by atoms with Gasteiger partial charge in [0, 0.05) is 13.1 Å². The first-order valence-corrected chi connectivity index (χ1v) is 15.7. The second-order valence-electron chi connectivity index (χ2n) is 10.8. The van der Waals surface area contributed by atoms with E-state index in [4.69, 9.17) is 0 Å². The molecule has 2 atom stereocenters. The molecule has 10 nitrogen and oxygen atoms in total. The molecule has 1 aromatic carbocycles. The van der Waals surface area contributed by atoms with Crippen LogP contribution in [-0.4, -0.2) is 67.3 Å². The lowest BCUT2D eigenvalue weighted by Gasteiger charge is -2.46. The number of Topliss-reactive ketones (excluding diaryl/α,β-unsaturated/α-hetero) is 1. The number of aromatic nitrogens is 6. The van der Waals surface area contributed by atoms with E-state index in [0.717, 1.165) is 10.9 Å². The summed E-state index contributed by atoms with van der Waals surface area (Å²) in [5, 5.41) is 10.6. The van der Waals surface area contributed by atoms with Crippen molar-refractivity contribution < 1.29 is 39.6 Å². The lowest BCUT2D eigenvalue weighted by molar-refractivity contribution is -0.134. The van der Waals surface area contributed by atoms with Crippen molar-refractivity contribution in [2.24, 2.45) is 12.5 Å². The number of hydrogen-bond acceptors (Lipinski definition) is 8. The number of carbonyl (C=O) groups is 1. The van der Waals surface area contributed by atoms with Gasteiger partial charge in [0.2, 0.25) is 10.8 Å². The summed E-state index contributed by atoms with van der Waals surface area (Å²) in [5.41, 5.74) is 0.408. The topological polar surface area (TPSA) is 116 Å². The van der Waals surface area contributed by atoms with E-state index in [2.05, 4.69) is 20.4 Å². The molecule has 0 N–H and O–H groups in total. The molecular weight excluding hydrogens is 648 g/mol. The van der Waals surface area contributed by atoms with Crippen LogP contribution in [0.25, 0.3) is 11.8 Å². The summed E-state index contributed by atoms with van der Waals surface area (Å²) in [4.78, 5) is 16.9. The fourth-order valence-corrected chi connectivity index (χ4v) is 8.35. The number of nitrogens with zero attached hydrogens (tertiary/aromatic N) is 7. The third-order valence-electron chi connectivity index (χ3n) is 8.00. The molecule has 0 unspecified atom stereocenters. The van der Waals surface area contributed by atoms with E-state index in [-0.39, 0.29) is 37.0 Å². The highest BCUT2D eigenvalue weighted by Gasteiger charge is 2.53. The minimum atomic E-state index is -4.75. The van der Waals surface area contributed by atoms with Gasteiger partial charge in [-0.3, -0.25) is 9.48 Å². The van der Waals surface area contributed by atoms with Crippen LogP contribution in [0.2, 0.25) is 0 Å². The van der Waals surface area contributed by atoms with Gasteiger partial charge in [0.25, 0.3) is 16.4 Å². The lowest BCUT2D eigenvalue weighted by atomic mass is 9.61. The summed E-state index contributed by atoms with van der Waals surface area (Å²) < 4.78 is 112. The van der Waals surface area contributed by atoms with Crippen LogP contribution in [0.3, 0.4) is 0 Å². The van der Waals surface area contributed by atoms with E-state index in [0.29, 0.717) is 33.0 Å². The molecule has 0 aliphatic heterocycles. The average Bonchev–Trinajstić information content (AvgIpc) is 3.74. The Bertz CT molecular complexity index is 1900. The standard InChI is InChI=1S/C27H23F6N7O3S2/c1-38-14-23(36-37-38)45(42,43)39(13-22(29)30)19-5-2-16-8-20-15(11-35-40(20)18-6-3-17(28)4-7-18)9-26(16,10-19)24(41)25-34-12-21(44-25)27(31,32)33/h3-4,6-8,11-12,14,19,22H,2,5,9-10,13H2,1H3/t19-,26-/m0/s1. The predicted octanol–water partition coefficient (Wildman–Crippen LogP) is 4.93. The number of ketones is 1. The summed E-state index contributed by atoms with van der Waals surface area (Å²) in [5.74, 6) is -1.25. The number of fused-ring (bicyclic) bond motifs is 2. The first kappa shape index (κ1) is 31.1. The Morgan fingerprint density at radius 3 is 2.56 bits per heavy atom. The van der Waals surface area contributed by atoms with Gasteiger partial charge in [-0.15, -0.1) is 16.4 Å². The SMILES string of the molecule is Cn1cc(S(=O)(=O)N(CC(F)F)[C@H]2CCC3=Cc4c(cnn4-c4ccc(F)cc4)C[C@]3(C(=O)c3ncc(C(F)(F)F)s3)C2)nn1. The number of carbonyl (C=O) groups excluding carboxylic acids is 1. The van der Waals surface area contributed by atoms with Crippen molar-refractivity contribution in [3.05, 3.63) is 75.4 Å². The van der Waals surface area contributed by atoms with Crippen LogP contribution in [0.5, 0.6) is 0 Å². The molecule has 1 saturated carbocycles. The Hall–Kier alpha value is -3.90. The first-order chi connectivity index (χ1) is 21.2. The molecule has 238 valence electrons. The second-order valence-corrected chi connectivity index (χ2v) is 13.7. The third-order valence-corrected chi connectivity index (χ3v) is 10.8. The molecule has 0 saturated heterocycles. The number of sulfonamides is 1. The molecule has 3 heterocycles. The van der Waals surface area contributed by atoms with Crippen LogP contribution < -0.4 is 0 Å². The molecule has 1 fully saturated rings. The molecule has 6 rings (SSSR count). The number of allylic oxidation sites excluding steroid dienone is 1. The zero-order chi connectivity index (χ0) is 32.3. The molecular formula is C27H23F6N7O3S2. The van der Waals surface area contributed by atoms with E-state index in [1.54, 1.807) is 6.08 Å². The maximum atomic E-state index is 14.3. The number of hydrogen-bond donors (Lipinski definition) is 0. The van der Waals surface area contributed by atoms with Gasteiger partial charge in [-0.1, -0.05) is 10.8 Å². The van der Waals surface area contributed by atoms with E-state index < -0.39 is 67.1 Å². The van der Waals surface area contributed by atoms with Crippen molar-refractivity contribution in [1.82, 2.24) is 34.1 Å². The van der Waals surface area contributed by atoms with Crippen LogP contribution in [0.1, 0.15) is 45.2 Å². The second kappa shape index (κ2) is 11.2. The third kappa shape index (κ3) is 5.58. The summed E-state index contributed by atoms with van der Waals surface area (Å²) in [6.07, 6.45) is -3.44. The molecule has 2 aliphatic rings.